The number of aromatic nitrogens is 2. The smallest absolute Gasteiger partial charge is 0.231 e. The molecule has 0 saturated heterocycles. The van der Waals surface area contributed by atoms with Crippen LogP contribution in [0.4, 0.5) is 0 Å². The molecular formula is C16H21BrIN5O2. The lowest BCUT2D eigenvalue weighted by molar-refractivity contribution is 0.173. The first kappa shape index (κ1) is 19.8. The van der Waals surface area contributed by atoms with E-state index in [9.17, 15) is 0 Å². The van der Waals surface area contributed by atoms with Gasteiger partial charge in [-0.1, -0.05) is 0 Å². The van der Waals surface area contributed by atoms with Crippen molar-refractivity contribution >= 4 is 45.9 Å². The van der Waals surface area contributed by atoms with E-state index in [1.54, 1.807) is 6.20 Å². The van der Waals surface area contributed by atoms with Crippen LogP contribution in [0.3, 0.4) is 0 Å². The minimum absolute atomic E-state index is 0. The average Bonchev–Trinajstić information content (AvgIpc) is 3.19. The van der Waals surface area contributed by atoms with Gasteiger partial charge in [-0.25, -0.2) is 4.99 Å². The Morgan fingerprint density at radius 1 is 1.36 bits per heavy atom. The van der Waals surface area contributed by atoms with E-state index in [4.69, 9.17) is 9.47 Å². The third-order valence-electron chi connectivity index (χ3n) is 3.61. The van der Waals surface area contributed by atoms with Gasteiger partial charge in [-0.05, 0) is 46.6 Å². The summed E-state index contributed by atoms with van der Waals surface area (Å²) in [6, 6.07) is 5.94. The summed E-state index contributed by atoms with van der Waals surface area (Å²) in [5.41, 5.74) is 2.13. The number of halogens is 2. The number of ether oxygens (including phenoxy) is 2. The zero-order chi connectivity index (χ0) is 16.9. The van der Waals surface area contributed by atoms with E-state index in [-0.39, 0.29) is 30.8 Å². The second-order valence-electron chi connectivity index (χ2n) is 5.31. The second kappa shape index (κ2) is 9.27. The molecule has 0 unspecified atom stereocenters. The quantitative estimate of drug-likeness (QED) is 0.359. The van der Waals surface area contributed by atoms with Crippen molar-refractivity contribution in [2.75, 3.05) is 13.3 Å². The van der Waals surface area contributed by atoms with Gasteiger partial charge in [-0.15, -0.1) is 24.0 Å². The molecule has 1 aliphatic heterocycles. The fourth-order valence-electron chi connectivity index (χ4n) is 2.37. The molecule has 0 saturated carbocycles. The van der Waals surface area contributed by atoms with E-state index < -0.39 is 0 Å². The Labute approximate surface area is 172 Å². The Kier molecular flexibility index (Phi) is 7.36. The Morgan fingerprint density at radius 3 is 2.92 bits per heavy atom. The summed E-state index contributed by atoms with van der Waals surface area (Å²) in [4.78, 5) is 4.63. The number of hydrogen-bond acceptors (Lipinski definition) is 4. The zero-order valence-corrected chi connectivity index (χ0v) is 18.0. The molecule has 0 atom stereocenters. The van der Waals surface area contributed by atoms with Crippen LogP contribution in [-0.4, -0.2) is 29.1 Å². The van der Waals surface area contributed by atoms with Crippen molar-refractivity contribution in [1.29, 1.82) is 0 Å². The van der Waals surface area contributed by atoms with E-state index in [1.165, 1.54) is 0 Å². The maximum atomic E-state index is 5.44. The topological polar surface area (TPSA) is 72.7 Å². The predicted octanol–water partition coefficient (Wildman–Crippen LogP) is 2.78. The predicted molar refractivity (Wildman–Crippen MR) is 111 cm³/mol. The van der Waals surface area contributed by atoms with E-state index in [1.807, 2.05) is 36.9 Å². The minimum Gasteiger partial charge on any atom is -0.454 e. The SMILES string of the molecule is CCNC(=NCc1cc(Br)c2c(c1)OCO2)NCc1ccnn1C.I. The lowest BCUT2D eigenvalue weighted by atomic mass is 10.2. The zero-order valence-electron chi connectivity index (χ0n) is 14.1. The third-order valence-corrected chi connectivity index (χ3v) is 4.20. The number of nitrogens with zero attached hydrogens (tertiary/aromatic N) is 3. The van der Waals surface area contributed by atoms with Gasteiger partial charge in [0, 0.05) is 19.8 Å². The van der Waals surface area contributed by atoms with Crippen LogP contribution in [-0.2, 0) is 20.1 Å². The highest BCUT2D eigenvalue weighted by Crippen LogP contribution is 2.40. The van der Waals surface area contributed by atoms with Crippen molar-refractivity contribution in [2.24, 2.45) is 12.0 Å². The van der Waals surface area contributed by atoms with Crippen LogP contribution < -0.4 is 20.1 Å². The number of guanidine groups is 1. The summed E-state index contributed by atoms with van der Waals surface area (Å²) in [5, 5.41) is 10.7. The Bertz CT molecular complexity index is 750. The molecule has 1 aromatic heterocycles. The summed E-state index contributed by atoms with van der Waals surface area (Å²) < 4.78 is 13.6. The Morgan fingerprint density at radius 2 is 2.20 bits per heavy atom. The Hall–Kier alpha value is -1.49. The van der Waals surface area contributed by atoms with Gasteiger partial charge in [0.1, 0.15) is 0 Å². The Balaban J connectivity index is 0.00000225. The first-order chi connectivity index (χ1) is 11.7. The highest BCUT2D eigenvalue weighted by molar-refractivity contribution is 14.0. The molecule has 9 heteroatoms. The van der Waals surface area contributed by atoms with Crippen LogP contribution in [0.2, 0.25) is 0 Å². The van der Waals surface area contributed by atoms with Gasteiger partial charge in [-0.3, -0.25) is 4.68 Å². The number of aliphatic imine (C=N–C) groups is 1. The van der Waals surface area contributed by atoms with Crippen LogP contribution >= 0.6 is 39.9 Å². The molecule has 0 aliphatic carbocycles. The van der Waals surface area contributed by atoms with Gasteiger partial charge in [0.15, 0.2) is 17.5 Å². The van der Waals surface area contributed by atoms with Gasteiger partial charge in [0.25, 0.3) is 0 Å². The molecule has 1 aromatic carbocycles. The van der Waals surface area contributed by atoms with Crippen LogP contribution in [0.25, 0.3) is 0 Å². The van der Waals surface area contributed by atoms with Crippen LogP contribution in [0.15, 0.2) is 33.9 Å². The third kappa shape index (κ3) is 5.00. The molecule has 2 heterocycles. The second-order valence-corrected chi connectivity index (χ2v) is 6.16. The summed E-state index contributed by atoms with van der Waals surface area (Å²) in [7, 11) is 1.92. The van der Waals surface area contributed by atoms with Crippen LogP contribution in [0.5, 0.6) is 11.5 Å². The van der Waals surface area contributed by atoms with Crippen molar-refractivity contribution < 1.29 is 9.47 Å². The van der Waals surface area contributed by atoms with Crippen LogP contribution in [0.1, 0.15) is 18.2 Å². The van der Waals surface area contributed by atoms with Crippen LogP contribution in [0, 0.1) is 0 Å². The first-order valence-corrected chi connectivity index (χ1v) is 8.53. The molecule has 2 aromatic rings. The minimum atomic E-state index is 0. The largest absolute Gasteiger partial charge is 0.454 e. The fraction of sp³-hybridized carbons (Fsp3) is 0.375. The number of aryl methyl sites for hydroxylation is 1. The molecule has 0 amide bonds. The molecule has 2 N–H and O–H groups in total. The van der Waals surface area contributed by atoms with Crippen molar-refractivity contribution in [3.63, 3.8) is 0 Å². The highest BCUT2D eigenvalue weighted by Gasteiger charge is 2.17. The molecule has 7 nitrogen and oxygen atoms in total. The molecular weight excluding hydrogens is 501 g/mol. The molecule has 0 fully saturated rings. The van der Waals surface area contributed by atoms with Gasteiger partial charge < -0.3 is 20.1 Å². The van der Waals surface area contributed by atoms with Gasteiger partial charge in [0.2, 0.25) is 6.79 Å². The van der Waals surface area contributed by atoms with E-state index in [2.05, 4.69) is 36.7 Å². The number of benzene rings is 1. The maximum absolute atomic E-state index is 5.44. The fourth-order valence-corrected chi connectivity index (χ4v) is 2.98. The van der Waals surface area contributed by atoms with Gasteiger partial charge in [-0.2, -0.15) is 5.10 Å². The van der Waals surface area contributed by atoms with Crippen molar-refractivity contribution in [3.8, 4) is 11.5 Å². The number of fused-ring (bicyclic) bond motifs is 1. The highest BCUT2D eigenvalue weighted by atomic mass is 127. The molecule has 0 bridgehead atoms. The molecule has 0 radical (unpaired) electrons. The summed E-state index contributed by atoms with van der Waals surface area (Å²) >= 11 is 3.51. The maximum Gasteiger partial charge on any atom is 0.231 e. The van der Waals surface area contributed by atoms with E-state index in [0.717, 1.165) is 39.7 Å². The lowest BCUT2D eigenvalue weighted by Crippen LogP contribution is -2.37. The molecule has 136 valence electrons. The number of rotatable bonds is 5. The van der Waals surface area contributed by atoms with Crippen molar-refractivity contribution in [2.45, 2.75) is 20.0 Å². The number of nitrogens with one attached hydrogen (secondary N) is 2. The molecule has 3 rings (SSSR count). The average molecular weight is 522 g/mol. The normalized spacial score (nSPS) is 12.7. The monoisotopic (exact) mass is 521 g/mol. The molecule has 0 spiro atoms. The standard InChI is InChI=1S/C16H20BrN5O2.HI/c1-3-18-16(20-9-12-4-5-21-22(12)2)19-8-11-6-13(17)15-14(7-11)23-10-24-15;/h4-7H,3,8-10H2,1-2H3,(H2,18,19,20);1H. The summed E-state index contributed by atoms with van der Waals surface area (Å²) in [6.07, 6.45) is 1.78. The first-order valence-electron chi connectivity index (χ1n) is 7.74. The molecule has 1 aliphatic rings. The van der Waals surface area contributed by atoms with E-state index in [0.29, 0.717) is 13.1 Å². The lowest BCUT2D eigenvalue weighted by Gasteiger charge is -2.11. The number of hydrogen-bond donors (Lipinski definition) is 2. The summed E-state index contributed by atoms with van der Waals surface area (Å²) in [5.74, 6) is 2.26. The van der Waals surface area contributed by atoms with Crippen molar-refractivity contribution in [3.05, 3.63) is 40.1 Å². The molecule has 25 heavy (non-hydrogen) atoms. The van der Waals surface area contributed by atoms with Gasteiger partial charge in [0.05, 0.1) is 23.3 Å². The van der Waals surface area contributed by atoms with Gasteiger partial charge >= 0.3 is 0 Å². The summed E-state index contributed by atoms with van der Waals surface area (Å²) in [6.45, 7) is 4.29. The van der Waals surface area contributed by atoms with E-state index >= 15 is 0 Å². The van der Waals surface area contributed by atoms with Crippen molar-refractivity contribution in [1.82, 2.24) is 20.4 Å².